The van der Waals surface area contributed by atoms with Gasteiger partial charge in [0.25, 0.3) is 0 Å². The van der Waals surface area contributed by atoms with Gasteiger partial charge in [0.2, 0.25) is 0 Å². The first kappa shape index (κ1) is 11.3. The third-order valence-corrected chi connectivity index (χ3v) is 5.76. The van der Waals surface area contributed by atoms with Crippen LogP contribution in [-0.2, 0) is 14.6 Å². The molecule has 86 valence electrons. The van der Waals surface area contributed by atoms with Gasteiger partial charge in [-0.25, -0.2) is 8.42 Å². The fraction of sp³-hybridized carbons (Fsp3) is 0.417. The molecule has 0 aromatic heterocycles. The summed E-state index contributed by atoms with van der Waals surface area (Å²) in [5, 5.41) is 0. The summed E-state index contributed by atoms with van der Waals surface area (Å²) in [6.45, 7) is 3.20. The molecule has 0 bridgehead atoms. The van der Waals surface area contributed by atoms with Crippen molar-refractivity contribution in [3.8, 4) is 0 Å². The number of carbonyl (C=O) groups is 1. The Morgan fingerprint density at radius 2 is 1.94 bits per heavy atom. The van der Waals surface area contributed by atoms with Crippen molar-refractivity contribution in [1.82, 2.24) is 0 Å². The average molecular weight is 238 g/mol. The second-order valence-corrected chi connectivity index (χ2v) is 6.63. The van der Waals surface area contributed by atoms with E-state index in [9.17, 15) is 13.2 Å². The molecule has 0 N–H and O–H groups in total. The van der Waals surface area contributed by atoms with Crippen LogP contribution in [0.1, 0.15) is 25.3 Å². The van der Waals surface area contributed by atoms with Crippen LogP contribution in [0.5, 0.6) is 0 Å². The molecular weight excluding hydrogens is 224 g/mol. The Morgan fingerprint density at radius 3 is 2.38 bits per heavy atom. The normalized spacial score (nSPS) is 18.1. The lowest BCUT2D eigenvalue weighted by Gasteiger charge is -2.13. The largest absolute Gasteiger partial charge is 0.298 e. The van der Waals surface area contributed by atoms with Crippen LogP contribution in [0.2, 0.25) is 0 Å². The molecule has 2 rings (SSSR count). The Bertz CT molecular complexity index is 539. The van der Waals surface area contributed by atoms with Crippen LogP contribution in [0.15, 0.2) is 29.2 Å². The molecule has 1 saturated carbocycles. The molecule has 0 spiro atoms. The molecule has 1 fully saturated rings. The first-order valence-electron chi connectivity index (χ1n) is 5.22. The minimum atomic E-state index is -3.50. The van der Waals surface area contributed by atoms with Crippen molar-refractivity contribution in [2.24, 2.45) is 0 Å². The molecule has 0 aliphatic heterocycles. The Morgan fingerprint density at radius 1 is 1.31 bits per heavy atom. The van der Waals surface area contributed by atoms with Gasteiger partial charge in [-0.2, -0.15) is 0 Å². The molecule has 1 aromatic carbocycles. The number of carbonyl (C=O) groups excluding carboxylic acids is 1. The van der Waals surface area contributed by atoms with E-state index in [1.54, 1.807) is 18.2 Å². The van der Waals surface area contributed by atoms with Gasteiger partial charge < -0.3 is 0 Å². The zero-order chi connectivity index (χ0) is 12.0. The Balaban J connectivity index is 2.52. The molecule has 1 aromatic rings. The Labute approximate surface area is 95.4 Å². The number of rotatable bonds is 3. The lowest BCUT2D eigenvalue weighted by molar-refractivity contribution is -0.117. The predicted molar refractivity (Wildman–Crippen MR) is 61.0 cm³/mol. The predicted octanol–water partition coefficient (Wildman–Crippen LogP) is 1.89. The highest BCUT2D eigenvalue weighted by Gasteiger charge is 2.58. The quantitative estimate of drug-likeness (QED) is 0.808. The molecule has 4 heteroatoms. The number of sulfone groups is 1. The van der Waals surface area contributed by atoms with Crippen LogP contribution in [0.3, 0.4) is 0 Å². The van der Waals surface area contributed by atoms with Crippen LogP contribution in [-0.4, -0.2) is 18.9 Å². The minimum absolute atomic E-state index is 0.242. The van der Waals surface area contributed by atoms with E-state index in [-0.39, 0.29) is 10.7 Å². The van der Waals surface area contributed by atoms with Gasteiger partial charge in [-0.3, -0.25) is 4.79 Å². The maximum absolute atomic E-state index is 12.3. The second-order valence-electron chi connectivity index (χ2n) is 4.37. The molecule has 0 amide bonds. The number of hydrogen-bond acceptors (Lipinski definition) is 3. The van der Waals surface area contributed by atoms with Crippen LogP contribution >= 0.6 is 0 Å². The Hall–Kier alpha value is -1.16. The first-order chi connectivity index (χ1) is 7.40. The molecular formula is C12H14O3S. The van der Waals surface area contributed by atoms with Crippen LogP contribution in [0.25, 0.3) is 0 Å². The fourth-order valence-electron chi connectivity index (χ4n) is 1.93. The summed E-state index contributed by atoms with van der Waals surface area (Å²) in [4.78, 5) is 11.7. The number of Topliss-reactive ketones (excluding diaryl/α,β-unsaturated/α-hetero) is 1. The Kier molecular flexibility index (Phi) is 2.42. The van der Waals surface area contributed by atoms with Gasteiger partial charge in [0, 0.05) is 0 Å². The van der Waals surface area contributed by atoms with Gasteiger partial charge in [0.05, 0.1) is 4.90 Å². The monoisotopic (exact) mass is 238 g/mol. The van der Waals surface area contributed by atoms with Crippen molar-refractivity contribution in [1.29, 1.82) is 0 Å². The first-order valence-corrected chi connectivity index (χ1v) is 6.71. The number of aryl methyl sites for hydroxylation is 1. The van der Waals surface area contributed by atoms with E-state index in [4.69, 9.17) is 0 Å². The molecule has 16 heavy (non-hydrogen) atoms. The number of ketones is 1. The van der Waals surface area contributed by atoms with E-state index in [2.05, 4.69) is 0 Å². The molecule has 0 saturated heterocycles. The van der Waals surface area contributed by atoms with Gasteiger partial charge in [-0.05, 0) is 44.4 Å². The van der Waals surface area contributed by atoms with Crippen molar-refractivity contribution in [2.45, 2.75) is 36.3 Å². The van der Waals surface area contributed by atoms with Crippen molar-refractivity contribution in [2.75, 3.05) is 0 Å². The SMILES string of the molecule is CC(=O)C1(S(=O)(=O)c2cccc(C)c2)CC1. The lowest BCUT2D eigenvalue weighted by atomic mass is 10.2. The summed E-state index contributed by atoms with van der Waals surface area (Å²) < 4.78 is 23.5. The molecule has 0 unspecified atom stereocenters. The maximum Gasteiger partial charge on any atom is 0.191 e. The van der Waals surface area contributed by atoms with Gasteiger partial charge >= 0.3 is 0 Å². The van der Waals surface area contributed by atoms with Crippen molar-refractivity contribution in [3.63, 3.8) is 0 Å². The molecule has 1 aliphatic rings. The highest BCUT2D eigenvalue weighted by molar-refractivity contribution is 7.94. The van der Waals surface area contributed by atoms with E-state index in [0.29, 0.717) is 12.8 Å². The lowest BCUT2D eigenvalue weighted by Crippen LogP contribution is -2.30. The van der Waals surface area contributed by atoms with E-state index in [1.165, 1.54) is 6.92 Å². The second kappa shape index (κ2) is 3.42. The fourth-order valence-corrected chi connectivity index (χ4v) is 4.00. The summed E-state index contributed by atoms with van der Waals surface area (Å²) in [6, 6.07) is 6.73. The van der Waals surface area contributed by atoms with Crippen molar-refractivity contribution >= 4 is 15.6 Å². The van der Waals surface area contributed by atoms with Crippen LogP contribution in [0, 0.1) is 6.92 Å². The van der Waals surface area contributed by atoms with E-state index in [1.807, 2.05) is 13.0 Å². The summed E-state index contributed by atoms with van der Waals surface area (Å²) in [7, 11) is -3.50. The van der Waals surface area contributed by atoms with Gasteiger partial charge in [0.15, 0.2) is 15.6 Å². The maximum atomic E-state index is 12.3. The van der Waals surface area contributed by atoms with Crippen molar-refractivity contribution in [3.05, 3.63) is 29.8 Å². The highest BCUT2D eigenvalue weighted by atomic mass is 32.2. The summed E-state index contributed by atoms with van der Waals surface area (Å²) >= 11 is 0. The standard InChI is InChI=1S/C12H14O3S/c1-9-4-3-5-11(8-9)16(14,15)12(6-7-12)10(2)13/h3-5,8H,6-7H2,1-2H3. The summed E-state index contributed by atoms with van der Waals surface area (Å²) in [5.74, 6) is -0.242. The highest BCUT2D eigenvalue weighted by Crippen LogP contribution is 2.47. The molecule has 0 radical (unpaired) electrons. The summed E-state index contributed by atoms with van der Waals surface area (Å²) in [6.07, 6.45) is 0.914. The zero-order valence-electron chi connectivity index (χ0n) is 9.36. The van der Waals surface area contributed by atoms with Crippen LogP contribution in [0.4, 0.5) is 0 Å². The molecule has 1 aliphatic carbocycles. The van der Waals surface area contributed by atoms with E-state index >= 15 is 0 Å². The number of benzene rings is 1. The topological polar surface area (TPSA) is 51.2 Å². The van der Waals surface area contributed by atoms with E-state index in [0.717, 1.165) is 5.56 Å². The average Bonchev–Trinajstić information content (AvgIpc) is 2.98. The third-order valence-electron chi connectivity index (χ3n) is 3.16. The van der Waals surface area contributed by atoms with Gasteiger partial charge in [0.1, 0.15) is 4.75 Å². The molecule has 3 nitrogen and oxygen atoms in total. The third kappa shape index (κ3) is 1.48. The minimum Gasteiger partial charge on any atom is -0.298 e. The van der Waals surface area contributed by atoms with Crippen molar-refractivity contribution < 1.29 is 13.2 Å². The van der Waals surface area contributed by atoms with Gasteiger partial charge in [-0.15, -0.1) is 0 Å². The summed E-state index contributed by atoms with van der Waals surface area (Å²) in [5.41, 5.74) is 0.889. The molecule has 0 atom stereocenters. The smallest absolute Gasteiger partial charge is 0.191 e. The zero-order valence-corrected chi connectivity index (χ0v) is 10.2. The van der Waals surface area contributed by atoms with Gasteiger partial charge in [-0.1, -0.05) is 12.1 Å². The molecule has 0 heterocycles. The van der Waals surface area contributed by atoms with E-state index < -0.39 is 14.6 Å². The number of hydrogen-bond donors (Lipinski definition) is 0. The van der Waals surface area contributed by atoms with Crippen LogP contribution < -0.4 is 0 Å².